The van der Waals surface area contributed by atoms with Gasteiger partial charge in [0, 0.05) is 12.6 Å². The maximum absolute atomic E-state index is 13.6. The molecule has 2 rings (SSSR count). The number of ether oxygens (including phenoxy) is 1. The highest BCUT2D eigenvalue weighted by Crippen LogP contribution is 2.21. The fourth-order valence-corrected chi connectivity index (χ4v) is 1.95. The van der Waals surface area contributed by atoms with Crippen LogP contribution >= 0.6 is 0 Å². The van der Waals surface area contributed by atoms with Crippen LogP contribution in [0.4, 0.5) is 10.1 Å². The van der Waals surface area contributed by atoms with Crippen LogP contribution in [-0.4, -0.2) is 22.8 Å². The molecule has 0 fully saturated rings. The van der Waals surface area contributed by atoms with E-state index in [1.807, 2.05) is 6.92 Å². The molecule has 20 heavy (non-hydrogen) atoms. The van der Waals surface area contributed by atoms with Crippen molar-refractivity contribution in [1.82, 2.24) is 9.78 Å². The monoisotopic (exact) mass is 277 g/mol. The summed E-state index contributed by atoms with van der Waals surface area (Å²) in [6, 6.07) is 4.08. The van der Waals surface area contributed by atoms with E-state index in [2.05, 4.69) is 10.4 Å². The van der Waals surface area contributed by atoms with Gasteiger partial charge in [0.25, 0.3) is 5.91 Å². The van der Waals surface area contributed by atoms with Crippen LogP contribution in [0.15, 0.2) is 18.2 Å². The van der Waals surface area contributed by atoms with Crippen LogP contribution in [0.3, 0.4) is 0 Å². The normalized spacial score (nSPS) is 10.4. The first-order valence-corrected chi connectivity index (χ1v) is 6.09. The number of hydrogen-bond donors (Lipinski definition) is 1. The van der Waals surface area contributed by atoms with Crippen molar-refractivity contribution >= 4 is 11.6 Å². The molecule has 0 saturated carbocycles. The predicted molar refractivity (Wildman–Crippen MR) is 73.6 cm³/mol. The first-order chi connectivity index (χ1) is 9.43. The molecule has 0 radical (unpaired) electrons. The summed E-state index contributed by atoms with van der Waals surface area (Å²) in [5.74, 6) is -0.846. The van der Waals surface area contributed by atoms with Crippen LogP contribution in [-0.2, 0) is 7.05 Å². The quantitative estimate of drug-likeness (QED) is 0.937. The minimum atomic E-state index is -0.570. The molecule has 0 aliphatic heterocycles. The van der Waals surface area contributed by atoms with Crippen molar-refractivity contribution < 1.29 is 13.9 Å². The molecule has 1 amide bonds. The van der Waals surface area contributed by atoms with Gasteiger partial charge in [-0.15, -0.1) is 0 Å². The second kappa shape index (κ2) is 5.32. The van der Waals surface area contributed by atoms with Crippen molar-refractivity contribution in [2.75, 3.05) is 12.4 Å². The first kappa shape index (κ1) is 14.0. The summed E-state index contributed by atoms with van der Waals surface area (Å²) < 4.78 is 20.1. The van der Waals surface area contributed by atoms with Gasteiger partial charge in [-0.2, -0.15) is 5.10 Å². The summed E-state index contributed by atoms with van der Waals surface area (Å²) >= 11 is 0. The Morgan fingerprint density at radius 3 is 2.60 bits per heavy atom. The lowest BCUT2D eigenvalue weighted by Crippen LogP contribution is -2.13. The van der Waals surface area contributed by atoms with Crippen LogP contribution in [0.5, 0.6) is 5.75 Å². The number of carbonyl (C=O) groups excluding carboxylic acids is 1. The highest BCUT2D eigenvalue weighted by atomic mass is 19.1. The molecule has 0 unspecified atom stereocenters. The number of nitrogens with one attached hydrogen (secondary N) is 1. The SMILES string of the molecule is COc1ccc(C(=O)Nc2c(C)nn(C)c2C)cc1F. The number of rotatable bonds is 3. The van der Waals surface area contributed by atoms with Gasteiger partial charge in [-0.1, -0.05) is 0 Å². The number of nitrogens with zero attached hydrogens (tertiary/aromatic N) is 2. The number of anilines is 1. The average Bonchev–Trinajstić information content (AvgIpc) is 2.65. The molecule has 0 saturated heterocycles. The van der Waals surface area contributed by atoms with E-state index in [4.69, 9.17) is 4.74 Å². The molecule has 0 bridgehead atoms. The number of carbonyl (C=O) groups is 1. The molecule has 106 valence electrons. The fraction of sp³-hybridized carbons (Fsp3) is 0.286. The molecule has 0 atom stereocenters. The van der Waals surface area contributed by atoms with Crippen molar-refractivity contribution in [3.8, 4) is 5.75 Å². The molecule has 5 nitrogen and oxygen atoms in total. The Labute approximate surface area is 116 Å². The largest absolute Gasteiger partial charge is 0.494 e. The van der Waals surface area contributed by atoms with E-state index in [0.717, 1.165) is 11.8 Å². The molecule has 0 spiro atoms. The van der Waals surface area contributed by atoms with E-state index in [1.54, 1.807) is 18.7 Å². The summed E-state index contributed by atoms with van der Waals surface area (Å²) in [7, 11) is 3.17. The lowest BCUT2D eigenvalue weighted by Gasteiger charge is -2.07. The van der Waals surface area contributed by atoms with E-state index in [1.165, 1.54) is 19.2 Å². The summed E-state index contributed by atoms with van der Waals surface area (Å²) in [5.41, 5.74) is 2.43. The van der Waals surface area contributed by atoms with Gasteiger partial charge in [0.2, 0.25) is 0 Å². The van der Waals surface area contributed by atoms with Crippen LogP contribution in [0.1, 0.15) is 21.7 Å². The predicted octanol–water partition coefficient (Wildman–Crippen LogP) is 2.44. The Balaban J connectivity index is 2.26. The van der Waals surface area contributed by atoms with E-state index in [-0.39, 0.29) is 17.2 Å². The highest BCUT2D eigenvalue weighted by Gasteiger charge is 2.15. The Hall–Kier alpha value is -2.37. The third kappa shape index (κ3) is 2.49. The van der Waals surface area contributed by atoms with Gasteiger partial charge in [-0.05, 0) is 32.0 Å². The van der Waals surface area contributed by atoms with Crippen LogP contribution in [0, 0.1) is 19.7 Å². The van der Waals surface area contributed by atoms with Gasteiger partial charge >= 0.3 is 0 Å². The maximum atomic E-state index is 13.6. The summed E-state index contributed by atoms with van der Waals surface area (Å²) in [4.78, 5) is 12.1. The lowest BCUT2D eigenvalue weighted by molar-refractivity contribution is 0.102. The number of halogens is 1. The minimum absolute atomic E-state index is 0.107. The molecular weight excluding hydrogens is 261 g/mol. The molecule has 0 aliphatic carbocycles. The van der Waals surface area contributed by atoms with Crippen LogP contribution in [0.2, 0.25) is 0 Å². The zero-order chi connectivity index (χ0) is 14.9. The molecule has 1 heterocycles. The van der Waals surface area contributed by atoms with Gasteiger partial charge < -0.3 is 10.1 Å². The number of aryl methyl sites for hydroxylation is 2. The van der Waals surface area contributed by atoms with Gasteiger partial charge in [-0.3, -0.25) is 9.48 Å². The van der Waals surface area contributed by atoms with E-state index in [0.29, 0.717) is 11.4 Å². The number of hydrogen-bond acceptors (Lipinski definition) is 3. The van der Waals surface area contributed by atoms with E-state index >= 15 is 0 Å². The summed E-state index contributed by atoms with van der Waals surface area (Å²) in [5, 5.41) is 6.96. The average molecular weight is 277 g/mol. The van der Waals surface area contributed by atoms with Crippen LogP contribution < -0.4 is 10.1 Å². The van der Waals surface area contributed by atoms with Crippen molar-refractivity contribution in [3.63, 3.8) is 0 Å². The van der Waals surface area contributed by atoms with Crippen molar-refractivity contribution in [1.29, 1.82) is 0 Å². The summed E-state index contributed by atoms with van der Waals surface area (Å²) in [6.45, 7) is 3.65. The minimum Gasteiger partial charge on any atom is -0.494 e. The molecule has 1 aromatic carbocycles. The lowest BCUT2D eigenvalue weighted by atomic mass is 10.2. The second-order valence-electron chi connectivity index (χ2n) is 4.47. The molecule has 0 aliphatic rings. The Bertz CT molecular complexity index is 665. The molecule has 1 aromatic heterocycles. The van der Waals surface area contributed by atoms with Crippen molar-refractivity contribution in [3.05, 3.63) is 41.0 Å². The third-order valence-electron chi connectivity index (χ3n) is 3.16. The van der Waals surface area contributed by atoms with Gasteiger partial charge in [0.1, 0.15) is 0 Å². The van der Waals surface area contributed by atoms with Crippen LogP contribution in [0.25, 0.3) is 0 Å². The van der Waals surface area contributed by atoms with Gasteiger partial charge in [-0.25, -0.2) is 4.39 Å². The zero-order valence-electron chi connectivity index (χ0n) is 11.8. The van der Waals surface area contributed by atoms with Gasteiger partial charge in [0.05, 0.1) is 24.2 Å². The number of methoxy groups -OCH3 is 1. The number of amides is 1. The Morgan fingerprint density at radius 1 is 1.40 bits per heavy atom. The highest BCUT2D eigenvalue weighted by molar-refractivity contribution is 6.04. The van der Waals surface area contributed by atoms with E-state index in [9.17, 15) is 9.18 Å². The number of benzene rings is 1. The molecule has 6 heteroatoms. The summed E-state index contributed by atoms with van der Waals surface area (Å²) in [6.07, 6.45) is 0. The topological polar surface area (TPSA) is 56.1 Å². The van der Waals surface area contributed by atoms with Crippen molar-refractivity contribution in [2.24, 2.45) is 7.05 Å². The maximum Gasteiger partial charge on any atom is 0.255 e. The van der Waals surface area contributed by atoms with Gasteiger partial charge in [0.15, 0.2) is 11.6 Å². The third-order valence-corrected chi connectivity index (χ3v) is 3.16. The van der Waals surface area contributed by atoms with Crippen molar-refractivity contribution in [2.45, 2.75) is 13.8 Å². The zero-order valence-corrected chi connectivity index (χ0v) is 11.8. The standard InChI is InChI=1S/C14H16FN3O2/c1-8-13(9(2)18(3)17-8)16-14(19)10-5-6-12(20-4)11(15)7-10/h5-7H,1-4H3,(H,16,19). The second-order valence-corrected chi connectivity index (χ2v) is 4.47. The number of aromatic nitrogens is 2. The molecular formula is C14H16FN3O2. The molecule has 2 aromatic rings. The first-order valence-electron chi connectivity index (χ1n) is 6.09. The fourth-order valence-electron chi connectivity index (χ4n) is 1.95. The van der Waals surface area contributed by atoms with E-state index < -0.39 is 5.82 Å². The Morgan fingerprint density at radius 2 is 2.10 bits per heavy atom. The smallest absolute Gasteiger partial charge is 0.255 e. The Kier molecular flexibility index (Phi) is 3.74. The molecule has 1 N–H and O–H groups in total.